The van der Waals surface area contributed by atoms with Gasteiger partial charge in [-0.2, -0.15) is 0 Å². The van der Waals surface area contributed by atoms with E-state index in [9.17, 15) is 0 Å². The van der Waals surface area contributed by atoms with Crippen LogP contribution in [0, 0.1) is 10.8 Å². The molecule has 0 amide bonds. The van der Waals surface area contributed by atoms with Crippen LogP contribution in [0.1, 0.15) is 74.1 Å². The lowest BCUT2D eigenvalue weighted by Crippen LogP contribution is -2.05. The Morgan fingerprint density at radius 3 is 1.73 bits per heavy atom. The quantitative estimate of drug-likeness (QED) is 0.531. The summed E-state index contributed by atoms with van der Waals surface area (Å²) in [5.74, 6) is 0. The van der Waals surface area contributed by atoms with Gasteiger partial charge in [-0.05, 0) is 43.4 Å². The molecule has 0 aromatic heterocycles. The third-order valence-corrected chi connectivity index (χ3v) is 2.66. The van der Waals surface area contributed by atoms with Crippen molar-refractivity contribution in [1.29, 1.82) is 0 Å². The highest BCUT2D eigenvalue weighted by atomic mass is 14.2. The van der Waals surface area contributed by atoms with Crippen molar-refractivity contribution in [2.45, 2.75) is 74.1 Å². The standard InChI is InChI=1S/C15H30/c1-13(10-12-15(5,6)7)9-8-11-14(2,3)4/h9H,8,10-12H2,1-7H3. The summed E-state index contributed by atoms with van der Waals surface area (Å²) in [7, 11) is 0. The molecule has 0 radical (unpaired) electrons. The average Bonchev–Trinajstić information content (AvgIpc) is 1.97. The van der Waals surface area contributed by atoms with Crippen molar-refractivity contribution in [3.05, 3.63) is 11.6 Å². The average molecular weight is 210 g/mol. The summed E-state index contributed by atoms with van der Waals surface area (Å²) in [5, 5.41) is 0. The first-order chi connectivity index (χ1) is 6.60. The lowest BCUT2D eigenvalue weighted by atomic mass is 9.87. The molecule has 0 aromatic rings. The van der Waals surface area contributed by atoms with Crippen molar-refractivity contribution in [1.82, 2.24) is 0 Å². The molecule has 90 valence electrons. The van der Waals surface area contributed by atoms with Crippen LogP contribution >= 0.6 is 0 Å². The van der Waals surface area contributed by atoms with E-state index in [0.717, 1.165) is 0 Å². The molecule has 0 saturated heterocycles. The van der Waals surface area contributed by atoms with Crippen LogP contribution in [0.4, 0.5) is 0 Å². The monoisotopic (exact) mass is 210 g/mol. The fraction of sp³-hybridized carbons (Fsp3) is 0.867. The molecule has 0 unspecified atom stereocenters. The van der Waals surface area contributed by atoms with E-state index in [1.54, 1.807) is 5.57 Å². The van der Waals surface area contributed by atoms with Gasteiger partial charge in [0.15, 0.2) is 0 Å². The van der Waals surface area contributed by atoms with Gasteiger partial charge in [0, 0.05) is 0 Å². The van der Waals surface area contributed by atoms with Gasteiger partial charge < -0.3 is 0 Å². The van der Waals surface area contributed by atoms with Gasteiger partial charge >= 0.3 is 0 Å². The van der Waals surface area contributed by atoms with Crippen LogP contribution in [-0.4, -0.2) is 0 Å². The summed E-state index contributed by atoms with van der Waals surface area (Å²) in [4.78, 5) is 0. The molecule has 0 saturated carbocycles. The van der Waals surface area contributed by atoms with Crippen molar-refractivity contribution in [3.63, 3.8) is 0 Å². The van der Waals surface area contributed by atoms with E-state index in [0.29, 0.717) is 10.8 Å². The fourth-order valence-electron chi connectivity index (χ4n) is 1.43. The van der Waals surface area contributed by atoms with Gasteiger partial charge in [0.2, 0.25) is 0 Å². The molecule has 0 aliphatic carbocycles. The first-order valence-corrected chi connectivity index (χ1v) is 6.26. The molecule has 0 N–H and O–H groups in total. The van der Waals surface area contributed by atoms with Crippen LogP contribution in [0.2, 0.25) is 0 Å². The van der Waals surface area contributed by atoms with Crippen molar-refractivity contribution in [2.24, 2.45) is 10.8 Å². The molecular weight excluding hydrogens is 180 g/mol. The minimum absolute atomic E-state index is 0.471. The molecule has 0 rings (SSSR count). The Kier molecular flexibility index (Phi) is 5.62. The smallest absolute Gasteiger partial charge is 0.0318 e. The van der Waals surface area contributed by atoms with Crippen LogP contribution in [0.5, 0.6) is 0 Å². The largest absolute Gasteiger partial charge is 0.0856 e. The molecular formula is C15H30. The van der Waals surface area contributed by atoms with Gasteiger partial charge in [0.1, 0.15) is 0 Å². The molecule has 0 atom stereocenters. The molecule has 0 spiro atoms. The second-order valence-corrected chi connectivity index (χ2v) is 7.21. The molecule has 0 aromatic carbocycles. The second-order valence-electron chi connectivity index (χ2n) is 7.21. The van der Waals surface area contributed by atoms with Gasteiger partial charge in [0.25, 0.3) is 0 Å². The Balaban J connectivity index is 3.81. The van der Waals surface area contributed by atoms with E-state index in [2.05, 4.69) is 54.5 Å². The van der Waals surface area contributed by atoms with E-state index in [1.807, 2.05) is 0 Å². The van der Waals surface area contributed by atoms with Gasteiger partial charge in [-0.1, -0.05) is 53.2 Å². The van der Waals surface area contributed by atoms with E-state index in [1.165, 1.54) is 25.7 Å². The molecule has 0 heterocycles. The van der Waals surface area contributed by atoms with E-state index >= 15 is 0 Å². The summed E-state index contributed by atoms with van der Waals surface area (Å²) < 4.78 is 0. The molecule has 0 heteroatoms. The van der Waals surface area contributed by atoms with Crippen molar-refractivity contribution < 1.29 is 0 Å². The van der Waals surface area contributed by atoms with Crippen molar-refractivity contribution >= 4 is 0 Å². The minimum atomic E-state index is 0.471. The zero-order valence-electron chi connectivity index (χ0n) is 11.9. The highest BCUT2D eigenvalue weighted by Crippen LogP contribution is 2.25. The third kappa shape index (κ3) is 11.7. The first-order valence-electron chi connectivity index (χ1n) is 6.26. The zero-order chi connectivity index (χ0) is 12.1. The van der Waals surface area contributed by atoms with Gasteiger partial charge in [0.05, 0.1) is 0 Å². The van der Waals surface area contributed by atoms with Crippen molar-refractivity contribution in [2.75, 3.05) is 0 Å². The Hall–Kier alpha value is -0.260. The normalized spacial score (nSPS) is 14.5. The van der Waals surface area contributed by atoms with Gasteiger partial charge in [-0.15, -0.1) is 0 Å². The van der Waals surface area contributed by atoms with Crippen LogP contribution in [0.15, 0.2) is 11.6 Å². The maximum absolute atomic E-state index is 2.43. The van der Waals surface area contributed by atoms with Crippen molar-refractivity contribution in [3.8, 4) is 0 Å². The highest BCUT2D eigenvalue weighted by molar-refractivity contribution is 4.98. The van der Waals surface area contributed by atoms with E-state index in [4.69, 9.17) is 0 Å². The van der Waals surface area contributed by atoms with Gasteiger partial charge in [-0.25, -0.2) is 0 Å². The van der Waals surface area contributed by atoms with Crippen LogP contribution in [-0.2, 0) is 0 Å². The predicted octanol–water partition coefficient (Wildman–Crippen LogP) is 5.59. The van der Waals surface area contributed by atoms with E-state index < -0.39 is 0 Å². The number of hydrogen-bond donors (Lipinski definition) is 0. The van der Waals surface area contributed by atoms with Crippen LogP contribution in [0.25, 0.3) is 0 Å². The summed E-state index contributed by atoms with van der Waals surface area (Å²) >= 11 is 0. The molecule has 0 aliphatic heterocycles. The third-order valence-electron chi connectivity index (χ3n) is 2.66. The fourth-order valence-corrected chi connectivity index (χ4v) is 1.43. The number of rotatable bonds is 4. The Morgan fingerprint density at radius 2 is 1.33 bits per heavy atom. The molecule has 0 bridgehead atoms. The highest BCUT2D eigenvalue weighted by Gasteiger charge is 2.10. The van der Waals surface area contributed by atoms with Crippen LogP contribution in [0.3, 0.4) is 0 Å². The SMILES string of the molecule is CC(=CCCC(C)(C)C)CCC(C)(C)C. The predicted molar refractivity (Wildman–Crippen MR) is 71.1 cm³/mol. The maximum atomic E-state index is 2.43. The summed E-state index contributed by atoms with van der Waals surface area (Å²) in [6.07, 6.45) is 7.51. The molecule has 0 nitrogen and oxygen atoms in total. The second kappa shape index (κ2) is 5.72. The number of allylic oxidation sites excluding steroid dienone is 2. The minimum Gasteiger partial charge on any atom is -0.0856 e. The van der Waals surface area contributed by atoms with Gasteiger partial charge in [-0.3, -0.25) is 0 Å². The molecule has 0 aliphatic rings. The summed E-state index contributed by atoms with van der Waals surface area (Å²) in [6.45, 7) is 16.1. The van der Waals surface area contributed by atoms with E-state index in [-0.39, 0.29) is 0 Å². The lowest BCUT2D eigenvalue weighted by Gasteiger charge is -2.19. The van der Waals surface area contributed by atoms with Crippen LogP contribution < -0.4 is 0 Å². The Bertz CT molecular complexity index is 195. The Morgan fingerprint density at radius 1 is 0.867 bits per heavy atom. The topological polar surface area (TPSA) is 0 Å². The molecule has 15 heavy (non-hydrogen) atoms. The zero-order valence-corrected chi connectivity index (χ0v) is 11.9. The first kappa shape index (κ1) is 14.7. The Labute approximate surface area is 97.2 Å². The summed E-state index contributed by atoms with van der Waals surface area (Å²) in [6, 6.07) is 0. The molecule has 0 fully saturated rings. The maximum Gasteiger partial charge on any atom is -0.0318 e. The summed E-state index contributed by atoms with van der Waals surface area (Å²) in [5.41, 5.74) is 2.51. The lowest BCUT2D eigenvalue weighted by molar-refractivity contribution is 0.373. The number of hydrogen-bond acceptors (Lipinski definition) is 0.